The van der Waals surface area contributed by atoms with E-state index in [1.165, 1.54) is 35.0 Å². The van der Waals surface area contributed by atoms with Crippen LogP contribution in [0.25, 0.3) is 0 Å². The molecule has 1 amide bonds. The van der Waals surface area contributed by atoms with E-state index in [4.69, 9.17) is 4.74 Å². The molecule has 0 bridgehead atoms. The fourth-order valence-corrected chi connectivity index (χ4v) is 5.44. The van der Waals surface area contributed by atoms with E-state index in [9.17, 15) is 18.0 Å². The lowest BCUT2D eigenvalue weighted by molar-refractivity contribution is -0.125. The van der Waals surface area contributed by atoms with Crippen LogP contribution < -0.4 is 9.62 Å². The molecule has 1 aliphatic carbocycles. The van der Waals surface area contributed by atoms with E-state index in [0.717, 1.165) is 19.3 Å². The average molecular weight is 459 g/mol. The van der Waals surface area contributed by atoms with Gasteiger partial charge in [-0.3, -0.25) is 9.10 Å². The van der Waals surface area contributed by atoms with E-state index in [1.807, 2.05) is 6.07 Å². The summed E-state index contributed by atoms with van der Waals surface area (Å²) in [6.07, 6.45) is 4.29. The Morgan fingerprint density at radius 3 is 2.31 bits per heavy atom. The van der Waals surface area contributed by atoms with Crippen molar-refractivity contribution in [2.75, 3.05) is 17.5 Å². The van der Waals surface area contributed by atoms with Crippen LogP contribution in [0.1, 0.15) is 49.9 Å². The topological polar surface area (TPSA) is 92.8 Å². The van der Waals surface area contributed by atoms with Crippen LogP contribution in [-0.2, 0) is 19.6 Å². The van der Waals surface area contributed by atoms with Crippen molar-refractivity contribution in [3.63, 3.8) is 0 Å². The zero-order chi connectivity index (χ0) is 23.1. The van der Waals surface area contributed by atoms with E-state index in [-0.39, 0.29) is 35.6 Å². The van der Waals surface area contributed by atoms with Crippen molar-refractivity contribution in [2.24, 2.45) is 5.92 Å². The molecule has 2 aromatic carbocycles. The molecule has 0 unspecified atom stereocenters. The molecular weight excluding hydrogens is 428 g/mol. The van der Waals surface area contributed by atoms with Gasteiger partial charge in [0.25, 0.3) is 15.9 Å². The van der Waals surface area contributed by atoms with Gasteiger partial charge in [-0.25, -0.2) is 13.2 Å². The Labute approximate surface area is 189 Å². The largest absolute Gasteiger partial charge is 0.452 e. The number of anilines is 1. The van der Waals surface area contributed by atoms with E-state index in [1.54, 1.807) is 31.2 Å². The highest BCUT2D eigenvalue weighted by atomic mass is 32.2. The summed E-state index contributed by atoms with van der Waals surface area (Å²) in [6, 6.07) is 14.5. The summed E-state index contributed by atoms with van der Waals surface area (Å²) in [5.74, 6) is -0.578. The third-order valence-electron chi connectivity index (χ3n) is 5.80. The van der Waals surface area contributed by atoms with Crippen molar-refractivity contribution in [2.45, 2.75) is 50.5 Å². The second kappa shape index (κ2) is 10.6. The number of carbonyl (C=O) groups is 2. The van der Waals surface area contributed by atoms with Gasteiger partial charge in [0.05, 0.1) is 16.1 Å². The number of nitrogens with zero attached hydrogens (tertiary/aromatic N) is 1. The number of hydrogen-bond acceptors (Lipinski definition) is 5. The predicted molar refractivity (Wildman–Crippen MR) is 123 cm³/mol. The highest BCUT2D eigenvalue weighted by molar-refractivity contribution is 7.92. The van der Waals surface area contributed by atoms with Crippen molar-refractivity contribution < 1.29 is 22.7 Å². The normalized spacial score (nSPS) is 18.6. The Morgan fingerprint density at radius 2 is 1.69 bits per heavy atom. The highest BCUT2D eigenvalue weighted by Gasteiger charge is 2.25. The first-order valence-corrected chi connectivity index (χ1v) is 12.4. The lowest BCUT2D eigenvalue weighted by Crippen LogP contribution is -2.42. The fourth-order valence-electron chi connectivity index (χ4n) is 3.97. The van der Waals surface area contributed by atoms with Crippen LogP contribution in [0.15, 0.2) is 59.5 Å². The number of carbonyl (C=O) groups excluding carboxylic acids is 2. The number of nitrogens with one attached hydrogen (secondary N) is 1. The molecule has 7 nitrogen and oxygen atoms in total. The zero-order valence-corrected chi connectivity index (χ0v) is 19.3. The third kappa shape index (κ3) is 5.68. The van der Waals surface area contributed by atoms with Crippen LogP contribution >= 0.6 is 0 Å². The second-order valence-electron chi connectivity index (χ2n) is 8.04. The number of benzene rings is 2. The van der Waals surface area contributed by atoms with Gasteiger partial charge >= 0.3 is 5.97 Å². The molecule has 0 heterocycles. The molecule has 1 saturated carbocycles. The highest BCUT2D eigenvalue weighted by Crippen LogP contribution is 2.24. The minimum atomic E-state index is -3.78. The number of hydrogen-bond donors (Lipinski definition) is 1. The van der Waals surface area contributed by atoms with Gasteiger partial charge in [-0.05, 0) is 62.1 Å². The quantitative estimate of drug-likeness (QED) is 0.608. The molecule has 3 rings (SSSR count). The van der Waals surface area contributed by atoms with Gasteiger partial charge in [0.15, 0.2) is 6.61 Å². The molecule has 1 fully saturated rings. The van der Waals surface area contributed by atoms with Gasteiger partial charge in [0.1, 0.15) is 0 Å². The van der Waals surface area contributed by atoms with E-state index in [0.29, 0.717) is 11.6 Å². The lowest BCUT2D eigenvalue weighted by atomic mass is 9.86. The molecule has 0 aromatic heterocycles. The van der Waals surface area contributed by atoms with Crippen molar-refractivity contribution >= 4 is 27.6 Å². The smallest absolute Gasteiger partial charge is 0.338 e. The van der Waals surface area contributed by atoms with Crippen molar-refractivity contribution in [3.8, 4) is 0 Å². The van der Waals surface area contributed by atoms with Gasteiger partial charge < -0.3 is 10.1 Å². The summed E-state index contributed by atoms with van der Waals surface area (Å²) in [5, 5.41) is 2.94. The average Bonchev–Trinajstić information content (AvgIpc) is 2.80. The molecule has 1 N–H and O–H groups in total. The molecule has 8 heteroatoms. The lowest BCUT2D eigenvalue weighted by Gasteiger charge is -2.29. The summed E-state index contributed by atoms with van der Waals surface area (Å²) in [5.41, 5.74) is 0.752. The second-order valence-corrected chi connectivity index (χ2v) is 9.90. The summed E-state index contributed by atoms with van der Waals surface area (Å²) >= 11 is 0. The number of sulfonamides is 1. The first kappa shape index (κ1) is 23.8. The van der Waals surface area contributed by atoms with Crippen LogP contribution in [0, 0.1) is 5.92 Å². The third-order valence-corrected chi connectivity index (χ3v) is 7.72. The number of amides is 1. The summed E-state index contributed by atoms with van der Waals surface area (Å²) in [4.78, 5) is 24.5. The number of para-hydroxylation sites is 1. The van der Waals surface area contributed by atoms with Gasteiger partial charge in [-0.2, -0.15) is 0 Å². The molecule has 32 heavy (non-hydrogen) atoms. The van der Waals surface area contributed by atoms with Crippen LogP contribution in [0.2, 0.25) is 0 Å². The molecule has 172 valence electrons. The van der Waals surface area contributed by atoms with Crippen molar-refractivity contribution in [1.29, 1.82) is 0 Å². The van der Waals surface area contributed by atoms with Gasteiger partial charge in [-0.15, -0.1) is 0 Å². The molecule has 0 spiro atoms. The Morgan fingerprint density at radius 1 is 1.03 bits per heavy atom. The number of ether oxygens (including phenoxy) is 1. The van der Waals surface area contributed by atoms with Crippen molar-refractivity contribution in [3.05, 3.63) is 60.2 Å². The first-order chi connectivity index (χ1) is 15.3. The van der Waals surface area contributed by atoms with E-state index < -0.39 is 16.0 Å². The fraction of sp³-hybridized carbons (Fsp3) is 0.417. The van der Waals surface area contributed by atoms with Crippen LogP contribution in [0.3, 0.4) is 0 Å². The Kier molecular flexibility index (Phi) is 7.90. The zero-order valence-electron chi connectivity index (χ0n) is 18.5. The van der Waals surface area contributed by atoms with E-state index in [2.05, 4.69) is 12.2 Å². The minimum absolute atomic E-state index is 0.0729. The van der Waals surface area contributed by atoms with Crippen LogP contribution in [0.4, 0.5) is 5.69 Å². The van der Waals surface area contributed by atoms with Gasteiger partial charge in [0, 0.05) is 12.6 Å². The number of rotatable bonds is 8. The Hall–Kier alpha value is -2.87. The first-order valence-electron chi connectivity index (χ1n) is 11.0. The standard InChI is InChI=1S/C24H30N2O5S/c1-3-26(20-10-5-4-6-11-20)32(29,30)21-15-13-19(14-16-21)24(28)31-17-23(27)25-22-12-8-7-9-18(22)2/h4-6,10-11,13-16,18,22H,3,7-9,12,17H2,1-2H3,(H,25,27)/t18-,22-/m1/s1. The summed E-state index contributed by atoms with van der Waals surface area (Å²) < 4.78 is 32.5. The maximum absolute atomic E-state index is 13.0. The van der Waals surface area contributed by atoms with Crippen LogP contribution in [0.5, 0.6) is 0 Å². The SMILES string of the molecule is CCN(c1ccccc1)S(=O)(=O)c1ccc(C(=O)OCC(=O)N[C@@H]2CCCC[C@H]2C)cc1. The maximum atomic E-state index is 13.0. The molecule has 2 atom stereocenters. The van der Waals surface area contributed by atoms with Crippen LogP contribution in [-0.4, -0.2) is 39.5 Å². The molecule has 0 saturated heterocycles. The molecule has 0 radical (unpaired) electrons. The molecule has 1 aliphatic rings. The maximum Gasteiger partial charge on any atom is 0.338 e. The predicted octanol–water partition coefficient (Wildman–Crippen LogP) is 3.75. The van der Waals surface area contributed by atoms with E-state index >= 15 is 0 Å². The van der Waals surface area contributed by atoms with Gasteiger partial charge in [-0.1, -0.05) is 38.0 Å². The van der Waals surface area contributed by atoms with Gasteiger partial charge in [0.2, 0.25) is 0 Å². The monoisotopic (exact) mass is 458 g/mol. The molecular formula is C24H30N2O5S. The Balaban J connectivity index is 1.60. The summed E-state index contributed by atoms with van der Waals surface area (Å²) in [6.45, 7) is 3.78. The van der Waals surface area contributed by atoms with Crippen molar-refractivity contribution in [1.82, 2.24) is 5.32 Å². The molecule has 2 aromatic rings. The number of esters is 1. The summed E-state index contributed by atoms with van der Waals surface area (Å²) in [7, 11) is -3.78. The molecule has 0 aliphatic heterocycles. The Bertz CT molecular complexity index is 1020. The minimum Gasteiger partial charge on any atom is -0.452 e.